The van der Waals surface area contributed by atoms with Crippen LogP contribution >= 0.6 is 0 Å². The predicted molar refractivity (Wildman–Crippen MR) is 59.2 cm³/mol. The molecule has 0 radical (unpaired) electrons. The molecule has 1 aliphatic rings. The van der Waals surface area contributed by atoms with Gasteiger partial charge in [-0.1, -0.05) is 13.3 Å². The standard InChI is InChI=1S/C7H9.C3H5.2CH3.Os/c1-2-7-5-3-4-6-7;1-3-2;;;/h3,5H,2,4H2,1H3;3H,1-2H2;2*1H3;/q4*-1;+4. The summed E-state index contributed by atoms with van der Waals surface area (Å²) < 4.78 is 0. The van der Waals surface area contributed by atoms with Crippen molar-refractivity contribution in [3.8, 4) is 0 Å². The molecule has 0 aromatic rings. The van der Waals surface area contributed by atoms with Crippen LogP contribution in [0.5, 0.6) is 0 Å². The zero-order valence-corrected chi connectivity index (χ0v) is 11.5. The van der Waals surface area contributed by atoms with Crippen molar-refractivity contribution in [2.24, 2.45) is 0 Å². The number of hydrogen-bond donors (Lipinski definition) is 0. The molecule has 1 heteroatoms. The van der Waals surface area contributed by atoms with Gasteiger partial charge >= 0.3 is 19.8 Å². The van der Waals surface area contributed by atoms with Gasteiger partial charge in [-0.15, -0.1) is 6.42 Å². The maximum atomic E-state index is 3.25. The van der Waals surface area contributed by atoms with Gasteiger partial charge in [0, 0.05) is 0 Å². The minimum Gasteiger partial charge on any atom is -0.358 e. The fourth-order valence-electron chi connectivity index (χ4n) is 0.693. The minimum absolute atomic E-state index is 0. The van der Waals surface area contributed by atoms with Crippen LogP contribution < -0.4 is 0 Å². The molecule has 0 unspecified atom stereocenters. The summed E-state index contributed by atoms with van der Waals surface area (Å²) in [5, 5.41) is 0. The Morgan fingerprint density at radius 1 is 1.62 bits per heavy atom. The molecular weight excluding hydrogens is 334 g/mol. The van der Waals surface area contributed by atoms with Crippen LogP contribution in [0.3, 0.4) is 0 Å². The molecule has 0 atom stereocenters. The molecule has 1 aliphatic carbocycles. The van der Waals surface area contributed by atoms with Crippen molar-refractivity contribution in [3.63, 3.8) is 0 Å². The Kier molecular flexibility index (Phi) is 31.3. The molecular formula is C12H20Os. The van der Waals surface area contributed by atoms with Crippen LogP contribution in [0, 0.1) is 27.9 Å². The summed E-state index contributed by atoms with van der Waals surface area (Å²) in [7, 11) is 0. The fraction of sp³-hybridized carbons (Fsp3) is 0.250. The van der Waals surface area contributed by atoms with E-state index in [4.69, 9.17) is 0 Å². The average molecular weight is 355 g/mol. The van der Waals surface area contributed by atoms with Crippen molar-refractivity contribution < 1.29 is 19.8 Å². The van der Waals surface area contributed by atoms with Crippen molar-refractivity contribution in [2.45, 2.75) is 19.8 Å². The zero-order chi connectivity index (χ0) is 7.82. The van der Waals surface area contributed by atoms with Crippen LogP contribution in [-0.2, 0) is 19.8 Å². The third-order valence-corrected chi connectivity index (χ3v) is 1.15. The van der Waals surface area contributed by atoms with Gasteiger partial charge in [-0.3, -0.25) is 6.08 Å². The molecule has 0 fully saturated rings. The average Bonchev–Trinajstić information content (AvgIpc) is 2.39. The molecule has 0 N–H and O–H groups in total. The second kappa shape index (κ2) is 17.7. The van der Waals surface area contributed by atoms with Gasteiger partial charge < -0.3 is 14.9 Å². The first-order valence-electron chi connectivity index (χ1n) is 3.51. The molecule has 0 saturated carbocycles. The largest absolute Gasteiger partial charge is 4.00 e. The van der Waals surface area contributed by atoms with Gasteiger partial charge in [-0.25, -0.2) is 31.2 Å². The van der Waals surface area contributed by atoms with E-state index in [-0.39, 0.29) is 34.6 Å². The quantitative estimate of drug-likeness (QED) is 0.625. The van der Waals surface area contributed by atoms with Crippen molar-refractivity contribution in [2.75, 3.05) is 0 Å². The van der Waals surface area contributed by atoms with Crippen molar-refractivity contribution in [1.29, 1.82) is 0 Å². The molecule has 0 bridgehead atoms. The minimum atomic E-state index is 0. The molecule has 0 nitrogen and oxygen atoms in total. The van der Waals surface area contributed by atoms with Gasteiger partial charge in [-0.2, -0.15) is 6.08 Å². The van der Waals surface area contributed by atoms with Gasteiger partial charge in [0.05, 0.1) is 0 Å². The van der Waals surface area contributed by atoms with E-state index in [0.29, 0.717) is 0 Å². The molecule has 0 aromatic carbocycles. The van der Waals surface area contributed by atoms with E-state index in [0.717, 1.165) is 12.8 Å². The van der Waals surface area contributed by atoms with Gasteiger partial charge in [0.1, 0.15) is 0 Å². The normalized spacial score (nSPS) is 10.4. The summed E-state index contributed by atoms with van der Waals surface area (Å²) in [6, 6.07) is 0. The Morgan fingerprint density at radius 3 is 2.23 bits per heavy atom. The Hall–Kier alpha value is -0.274. The van der Waals surface area contributed by atoms with Crippen LogP contribution in [0.2, 0.25) is 0 Å². The summed E-state index contributed by atoms with van der Waals surface area (Å²) in [6.45, 7) is 8.65. The van der Waals surface area contributed by atoms with Crippen LogP contribution in [0.4, 0.5) is 0 Å². The second-order valence-corrected chi connectivity index (χ2v) is 1.95. The number of allylic oxidation sites excluding steroid dienone is 5. The first-order chi connectivity index (χ1) is 4.85. The molecule has 0 spiro atoms. The third kappa shape index (κ3) is 14.6. The maximum Gasteiger partial charge on any atom is 4.00 e. The van der Waals surface area contributed by atoms with E-state index in [2.05, 4.69) is 38.7 Å². The summed E-state index contributed by atoms with van der Waals surface area (Å²) in [5.74, 6) is 0. The summed E-state index contributed by atoms with van der Waals surface area (Å²) in [5.41, 5.74) is 1.36. The zero-order valence-electron chi connectivity index (χ0n) is 8.91. The summed E-state index contributed by atoms with van der Waals surface area (Å²) in [6.07, 6.45) is 11.2. The maximum absolute atomic E-state index is 3.25. The third-order valence-electron chi connectivity index (χ3n) is 1.15. The molecule has 0 saturated heterocycles. The smallest absolute Gasteiger partial charge is 0.358 e. The Bertz CT molecular complexity index is 143. The van der Waals surface area contributed by atoms with Crippen molar-refractivity contribution >= 4 is 0 Å². The molecule has 0 aromatic heterocycles. The SMILES string of the molecule is C=C[CH2-].CCC1=[C-]CC=C1.[CH3-].[CH3-].[Os+4]. The van der Waals surface area contributed by atoms with E-state index >= 15 is 0 Å². The van der Waals surface area contributed by atoms with E-state index in [9.17, 15) is 0 Å². The number of rotatable bonds is 1. The van der Waals surface area contributed by atoms with Crippen LogP contribution in [0.15, 0.2) is 30.4 Å². The summed E-state index contributed by atoms with van der Waals surface area (Å²) >= 11 is 0. The predicted octanol–water partition coefficient (Wildman–Crippen LogP) is 3.99. The van der Waals surface area contributed by atoms with Gasteiger partial charge in [-0.05, 0) is 0 Å². The van der Waals surface area contributed by atoms with Gasteiger partial charge in [0.15, 0.2) is 0 Å². The van der Waals surface area contributed by atoms with E-state index in [1.807, 2.05) is 0 Å². The second-order valence-electron chi connectivity index (χ2n) is 1.95. The molecule has 0 heterocycles. The Balaban J connectivity index is -0.0000000615. The summed E-state index contributed by atoms with van der Waals surface area (Å²) in [4.78, 5) is 0. The van der Waals surface area contributed by atoms with Crippen molar-refractivity contribution in [3.05, 3.63) is 58.2 Å². The molecule has 0 amide bonds. The fourth-order valence-corrected chi connectivity index (χ4v) is 0.693. The molecule has 13 heavy (non-hydrogen) atoms. The molecule has 76 valence electrons. The monoisotopic (exact) mass is 356 g/mol. The Labute approximate surface area is 97.9 Å². The van der Waals surface area contributed by atoms with E-state index in [1.165, 1.54) is 11.6 Å². The first-order valence-corrected chi connectivity index (χ1v) is 3.51. The number of hydrogen-bond acceptors (Lipinski definition) is 0. The van der Waals surface area contributed by atoms with Crippen LogP contribution in [0.1, 0.15) is 19.8 Å². The topological polar surface area (TPSA) is 0 Å². The van der Waals surface area contributed by atoms with E-state index in [1.54, 1.807) is 0 Å². The van der Waals surface area contributed by atoms with Crippen LogP contribution in [-0.4, -0.2) is 0 Å². The first kappa shape index (κ1) is 23.0. The van der Waals surface area contributed by atoms with E-state index < -0.39 is 0 Å². The molecule has 1 rings (SSSR count). The van der Waals surface area contributed by atoms with Crippen LogP contribution in [0.25, 0.3) is 0 Å². The molecule has 0 aliphatic heterocycles. The van der Waals surface area contributed by atoms with Gasteiger partial charge in [0.2, 0.25) is 0 Å². The Morgan fingerprint density at radius 2 is 2.08 bits per heavy atom. The van der Waals surface area contributed by atoms with Crippen molar-refractivity contribution in [1.82, 2.24) is 0 Å². The van der Waals surface area contributed by atoms with Gasteiger partial charge in [0.25, 0.3) is 0 Å².